The number of rotatable bonds is 2. The monoisotopic (exact) mass is 254 g/mol. The lowest BCUT2D eigenvalue weighted by Gasteiger charge is -2.36. The third kappa shape index (κ3) is 2.73. The summed E-state index contributed by atoms with van der Waals surface area (Å²) in [4.78, 5) is 2.15. The van der Waals surface area contributed by atoms with Crippen LogP contribution in [0.2, 0.25) is 5.02 Å². The van der Waals surface area contributed by atoms with Gasteiger partial charge < -0.3 is 15.7 Å². The molecule has 1 saturated heterocycles. The minimum atomic E-state index is -0.269. The van der Waals surface area contributed by atoms with E-state index in [1.807, 2.05) is 18.2 Å². The normalized spacial score (nSPS) is 25.1. The molecule has 1 fully saturated rings. The van der Waals surface area contributed by atoms with Crippen LogP contribution in [0.5, 0.6) is 0 Å². The van der Waals surface area contributed by atoms with Gasteiger partial charge in [0.2, 0.25) is 0 Å². The van der Waals surface area contributed by atoms with Gasteiger partial charge in [-0.25, -0.2) is 0 Å². The molecule has 0 spiro atoms. The van der Waals surface area contributed by atoms with Crippen LogP contribution >= 0.6 is 11.6 Å². The summed E-state index contributed by atoms with van der Waals surface area (Å²) in [5, 5.41) is 10.6. The van der Waals surface area contributed by atoms with Gasteiger partial charge in [0.05, 0.1) is 16.8 Å². The van der Waals surface area contributed by atoms with Gasteiger partial charge in [-0.05, 0) is 30.0 Å². The largest absolute Gasteiger partial charge is 0.391 e. The van der Waals surface area contributed by atoms with E-state index in [1.165, 1.54) is 0 Å². The van der Waals surface area contributed by atoms with Crippen LogP contribution in [0, 0.1) is 5.92 Å². The first-order valence-corrected chi connectivity index (χ1v) is 6.41. The molecule has 3 nitrogen and oxygen atoms in total. The Hall–Kier alpha value is -0.770. The van der Waals surface area contributed by atoms with E-state index in [0.717, 1.165) is 29.2 Å². The highest BCUT2D eigenvalue weighted by atomic mass is 35.5. The average Bonchev–Trinajstić information content (AvgIpc) is 2.32. The van der Waals surface area contributed by atoms with Crippen molar-refractivity contribution < 1.29 is 5.11 Å². The van der Waals surface area contributed by atoms with Crippen LogP contribution in [0.25, 0.3) is 0 Å². The Kier molecular flexibility index (Phi) is 3.92. The number of aliphatic hydroxyl groups is 1. The zero-order valence-electron chi connectivity index (χ0n) is 10.1. The SMILES string of the molecule is CC1CCN(c2ccc(CN)cc2Cl)CC1O. The van der Waals surface area contributed by atoms with Crippen LogP contribution in [0.1, 0.15) is 18.9 Å². The molecule has 2 atom stereocenters. The Labute approximate surface area is 107 Å². The molecule has 1 aliphatic heterocycles. The van der Waals surface area contributed by atoms with Gasteiger partial charge in [-0.2, -0.15) is 0 Å². The molecule has 4 heteroatoms. The van der Waals surface area contributed by atoms with Crippen molar-refractivity contribution in [1.29, 1.82) is 0 Å². The molecule has 2 rings (SSSR count). The van der Waals surface area contributed by atoms with E-state index in [2.05, 4.69) is 11.8 Å². The molecule has 0 bridgehead atoms. The third-order valence-corrected chi connectivity index (χ3v) is 3.81. The van der Waals surface area contributed by atoms with Crippen molar-refractivity contribution in [1.82, 2.24) is 0 Å². The molecule has 3 N–H and O–H groups in total. The molecule has 1 heterocycles. The van der Waals surface area contributed by atoms with E-state index in [9.17, 15) is 5.11 Å². The van der Waals surface area contributed by atoms with E-state index >= 15 is 0 Å². The summed E-state index contributed by atoms with van der Waals surface area (Å²) in [6.07, 6.45) is 0.727. The summed E-state index contributed by atoms with van der Waals surface area (Å²) in [6.45, 7) is 4.18. The molecular formula is C13H19ClN2O. The summed E-state index contributed by atoms with van der Waals surface area (Å²) >= 11 is 6.25. The van der Waals surface area contributed by atoms with E-state index in [-0.39, 0.29) is 6.10 Å². The number of aliphatic hydroxyl groups excluding tert-OH is 1. The Balaban J connectivity index is 2.17. The standard InChI is InChI=1S/C13H19ClN2O/c1-9-4-5-16(8-13(9)17)12-3-2-10(7-15)6-11(12)14/h2-3,6,9,13,17H,4-5,7-8,15H2,1H3. The minimum absolute atomic E-state index is 0.269. The first-order chi connectivity index (χ1) is 8.11. The topological polar surface area (TPSA) is 49.5 Å². The maximum atomic E-state index is 9.90. The van der Waals surface area contributed by atoms with Crippen LogP contribution < -0.4 is 10.6 Å². The van der Waals surface area contributed by atoms with Gasteiger partial charge >= 0.3 is 0 Å². The van der Waals surface area contributed by atoms with Gasteiger partial charge in [-0.3, -0.25) is 0 Å². The highest BCUT2D eigenvalue weighted by Gasteiger charge is 2.25. The van der Waals surface area contributed by atoms with Crippen molar-refractivity contribution in [3.8, 4) is 0 Å². The third-order valence-electron chi connectivity index (χ3n) is 3.51. The minimum Gasteiger partial charge on any atom is -0.391 e. The molecule has 0 radical (unpaired) electrons. The summed E-state index contributed by atoms with van der Waals surface area (Å²) < 4.78 is 0. The number of halogens is 1. The molecule has 2 unspecified atom stereocenters. The van der Waals surface area contributed by atoms with Gasteiger partial charge in [-0.15, -0.1) is 0 Å². The number of β-amino-alcohol motifs (C(OH)–C–C–N with tert-alkyl or cyclic N) is 1. The van der Waals surface area contributed by atoms with Crippen molar-refractivity contribution >= 4 is 17.3 Å². The first-order valence-electron chi connectivity index (χ1n) is 6.03. The first kappa shape index (κ1) is 12.7. The van der Waals surface area contributed by atoms with Gasteiger partial charge in [0.25, 0.3) is 0 Å². The van der Waals surface area contributed by atoms with Gasteiger partial charge in [0.1, 0.15) is 0 Å². The second kappa shape index (κ2) is 5.25. The number of hydrogen-bond acceptors (Lipinski definition) is 3. The summed E-state index contributed by atoms with van der Waals surface area (Å²) in [5.74, 6) is 0.369. The zero-order chi connectivity index (χ0) is 12.4. The van der Waals surface area contributed by atoms with E-state index < -0.39 is 0 Å². The predicted molar refractivity (Wildman–Crippen MR) is 71.3 cm³/mol. The van der Waals surface area contributed by atoms with Crippen molar-refractivity contribution in [2.24, 2.45) is 11.7 Å². The predicted octanol–water partition coefficient (Wildman–Crippen LogP) is 2.01. The Morgan fingerprint density at radius 3 is 2.88 bits per heavy atom. The smallest absolute Gasteiger partial charge is 0.0741 e. The molecular weight excluding hydrogens is 236 g/mol. The fourth-order valence-electron chi connectivity index (χ4n) is 2.20. The van der Waals surface area contributed by atoms with Gasteiger partial charge in [0.15, 0.2) is 0 Å². The van der Waals surface area contributed by atoms with E-state index in [0.29, 0.717) is 19.0 Å². The van der Waals surface area contributed by atoms with Gasteiger partial charge in [0, 0.05) is 19.6 Å². The molecule has 17 heavy (non-hydrogen) atoms. The number of nitrogens with zero attached hydrogens (tertiary/aromatic N) is 1. The van der Waals surface area contributed by atoms with Crippen LogP contribution in [0.15, 0.2) is 18.2 Å². The highest BCUT2D eigenvalue weighted by molar-refractivity contribution is 6.33. The molecule has 0 aromatic heterocycles. The second-order valence-electron chi connectivity index (χ2n) is 4.77. The molecule has 0 saturated carbocycles. The molecule has 94 valence electrons. The van der Waals surface area contributed by atoms with Crippen molar-refractivity contribution in [3.05, 3.63) is 28.8 Å². The van der Waals surface area contributed by atoms with Crippen LogP contribution in [0.3, 0.4) is 0 Å². The summed E-state index contributed by atoms with van der Waals surface area (Å²) in [7, 11) is 0. The molecule has 0 aliphatic carbocycles. The van der Waals surface area contributed by atoms with Gasteiger partial charge in [-0.1, -0.05) is 24.6 Å². The number of anilines is 1. The van der Waals surface area contributed by atoms with Crippen molar-refractivity contribution in [2.75, 3.05) is 18.0 Å². The molecule has 1 aromatic carbocycles. The molecule has 1 aliphatic rings. The lowest BCUT2D eigenvalue weighted by atomic mass is 9.95. The molecule has 1 aromatic rings. The summed E-state index contributed by atoms with van der Waals surface area (Å²) in [6, 6.07) is 5.89. The number of hydrogen-bond donors (Lipinski definition) is 2. The van der Waals surface area contributed by atoms with Crippen molar-refractivity contribution in [3.63, 3.8) is 0 Å². The highest BCUT2D eigenvalue weighted by Crippen LogP contribution is 2.30. The van der Waals surface area contributed by atoms with Crippen LogP contribution in [0.4, 0.5) is 5.69 Å². The van der Waals surface area contributed by atoms with E-state index in [4.69, 9.17) is 17.3 Å². The Bertz CT molecular complexity index is 397. The van der Waals surface area contributed by atoms with Crippen molar-refractivity contribution in [2.45, 2.75) is 26.0 Å². The second-order valence-corrected chi connectivity index (χ2v) is 5.18. The zero-order valence-corrected chi connectivity index (χ0v) is 10.8. The fraction of sp³-hybridized carbons (Fsp3) is 0.538. The lowest BCUT2D eigenvalue weighted by molar-refractivity contribution is 0.103. The summed E-state index contributed by atoms with van der Waals surface area (Å²) in [5.41, 5.74) is 7.60. The Morgan fingerprint density at radius 2 is 2.29 bits per heavy atom. The van der Waals surface area contributed by atoms with Crippen LogP contribution in [-0.4, -0.2) is 24.3 Å². The number of piperidine rings is 1. The molecule has 0 amide bonds. The average molecular weight is 255 g/mol. The Morgan fingerprint density at radius 1 is 1.53 bits per heavy atom. The van der Waals surface area contributed by atoms with Crippen LogP contribution in [-0.2, 0) is 6.54 Å². The lowest BCUT2D eigenvalue weighted by Crippen LogP contribution is -2.43. The maximum absolute atomic E-state index is 9.90. The maximum Gasteiger partial charge on any atom is 0.0741 e. The quantitative estimate of drug-likeness (QED) is 0.849. The number of benzene rings is 1. The van der Waals surface area contributed by atoms with E-state index in [1.54, 1.807) is 0 Å². The number of nitrogens with two attached hydrogens (primary N) is 1. The fourth-order valence-corrected chi connectivity index (χ4v) is 2.52.